The van der Waals surface area contributed by atoms with E-state index in [-0.39, 0.29) is 29.8 Å². The highest BCUT2D eigenvalue weighted by Crippen LogP contribution is 2.27. The van der Waals surface area contributed by atoms with Crippen LogP contribution >= 0.6 is 11.6 Å². The molecule has 3 aromatic carbocycles. The van der Waals surface area contributed by atoms with Gasteiger partial charge in [0, 0.05) is 42.7 Å². The lowest BCUT2D eigenvalue weighted by molar-refractivity contribution is -0.133. The highest BCUT2D eigenvalue weighted by atomic mass is 35.5. The van der Waals surface area contributed by atoms with Crippen molar-refractivity contribution in [3.05, 3.63) is 113 Å². The summed E-state index contributed by atoms with van der Waals surface area (Å²) in [5, 5.41) is 7.25. The van der Waals surface area contributed by atoms with Gasteiger partial charge in [0.1, 0.15) is 0 Å². The van der Waals surface area contributed by atoms with Crippen molar-refractivity contribution >= 4 is 29.5 Å². The molecule has 2 N–H and O–H groups in total. The number of halogens is 1. The maximum atomic E-state index is 13.8. The summed E-state index contributed by atoms with van der Waals surface area (Å²) < 4.78 is 0. The van der Waals surface area contributed by atoms with Gasteiger partial charge in [0.25, 0.3) is 0 Å². The number of carbonyl (C=O) groups is 2. The molecule has 1 saturated heterocycles. The number of carbonyl (C=O) groups excluding carboxylic acids is 2. The van der Waals surface area contributed by atoms with Crippen molar-refractivity contribution in [2.24, 2.45) is 0 Å². The summed E-state index contributed by atoms with van der Waals surface area (Å²) in [6.07, 6.45) is 6.87. The van der Waals surface area contributed by atoms with Crippen LogP contribution in [-0.2, 0) is 9.59 Å². The monoisotopic (exact) mass is 543 g/mol. The van der Waals surface area contributed by atoms with Crippen LogP contribution in [0.3, 0.4) is 0 Å². The topological polar surface area (TPSA) is 61.4 Å². The summed E-state index contributed by atoms with van der Waals surface area (Å²) in [6.45, 7) is 3.88. The fourth-order valence-electron chi connectivity index (χ4n) is 5.06. The second kappa shape index (κ2) is 14.7. The summed E-state index contributed by atoms with van der Waals surface area (Å²) in [4.78, 5) is 28.3. The molecule has 2 amide bonds. The molecule has 1 fully saturated rings. The van der Waals surface area contributed by atoms with Gasteiger partial charge in [0.05, 0.1) is 6.04 Å². The Morgan fingerprint density at radius 1 is 1.03 bits per heavy atom. The highest BCUT2D eigenvalue weighted by molar-refractivity contribution is 6.30. The number of hydrogen-bond acceptors (Lipinski definition) is 3. The van der Waals surface area contributed by atoms with Crippen molar-refractivity contribution < 1.29 is 9.59 Å². The molecule has 1 aliphatic rings. The van der Waals surface area contributed by atoms with Crippen LogP contribution in [0, 0.1) is 0 Å². The van der Waals surface area contributed by atoms with E-state index in [2.05, 4.69) is 66.1 Å². The Kier molecular flexibility index (Phi) is 10.8. The van der Waals surface area contributed by atoms with E-state index in [9.17, 15) is 9.59 Å². The number of nitrogens with one attached hydrogen (secondary N) is 2. The zero-order valence-corrected chi connectivity index (χ0v) is 23.3. The number of unbranched alkanes of at least 4 members (excludes halogenated alkanes) is 1. The van der Waals surface area contributed by atoms with Gasteiger partial charge in [-0.05, 0) is 47.7 Å². The van der Waals surface area contributed by atoms with E-state index in [1.165, 1.54) is 17.2 Å². The Morgan fingerprint density at radius 2 is 1.67 bits per heavy atom. The minimum absolute atomic E-state index is 0.0144. The van der Waals surface area contributed by atoms with E-state index in [1.54, 1.807) is 18.2 Å². The normalized spacial score (nSPS) is 17.9. The molecule has 1 heterocycles. The first-order chi connectivity index (χ1) is 19.0. The summed E-state index contributed by atoms with van der Waals surface area (Å²) in [5.74, 6) is 0.0895. The van der Waals surface area contributed by atoms with Crippen molar-refractivity contribution in [2.75, 3.05) is 19.6 Å². The van der Waals surface area contributed by atoms with Crippen LogP contribution in [0.15, 0.2) is 91.0 Å². The summed E-state index contributed by atoms with van der Waals surface area (Å²) in [7, 11) is 0. The van der Waals surface area contributed by atoms with Crippen molar-refractivity contribution in [1.29, 1.82) is 0 Å². The Hall–Kier alpha value is -3.41. The van der Waals surface area contributed by atoms with Gasteiger partial charge in [-0.2, -0.15) is 0 Å². The molecule has 0 bridgehead atoms. The Balaban J connectivity index is 1.44. The smallest absolute Gasteiger partial charge is 0.244 e. The predicted molar refractivity (Wildman–Crippen MR) is 160 cm³/mol. The molecule has 2 atom stereocenters. The third kappa shape index (κ3) is 8.54. The predicted octanol–water partition coefficient (Wildman–Crippen LogP) is 6.05. The number of nitrogens with zero attached hydrogens (tertiary/aromatic N) is 1. The van der Waals surface area contributed by atoms with E-state index < -0.39 is 0 Å². The maximum absolute atomic E-state index is 13.8. The Bertz CT molecular complexity index is 1180. The third-order valence-corrected chi connectivity index (χ3v) is 7.52. The van der Waals surface area contributed by atoms with Gasteiger partial charge in [-0.3, -0.25) is 9.59 Å². The fourth-order valence-corrected chi connectivity index (χ4v) is 5.19. The van der Waals surface area contributed by atoms with Crippen LogP contribution < -0.4 is 10.6 Å². The van der Waals surface area contributed by atoms with Crippen LogP contribution in [0.1, 0.15) is 55.2 Å². The average molecular weight is 544 g/mol. The Morgan fingerprint density at radius 3 is 2.28 bits per heavy atom. The molecule has 0 spiro atoms. The largest absolute Gasteiger partial charge is 0.351 e. The maximum Gasteiger partial charge on any atom is 0.244 e. The molecule has 0 radical (unpaired) electrons. The molecular formula is C33H38ClN3O2. The van der Waals surface area contributed by atoms with Crippen LogP contribution in [-0.4, -0.2) is 48.4 Å². The van der Waals surface area contributed by atoms with Crippen molar-refractivity contribution in [1.82, 2.24) is 15.5 Å². The average Bonchev–Trinajstić information content (AvgIpc) is 3.12. The molecule has 2 unspecified atom stereocenters. The lowest BCUT2D eigenvalue weighted by atomic mass is 9.90. The minimum Gasteiger partial charge on any atom is -0.351 e. The second-order valence-electron chi connectivity index (χ2n) is 10.1. The first kappa shape index (κ1) is 28.6. The molecular weight excluding hydrogens is 506 g/mol. The second-order valence-corrected chi connectivity index (χ2v) is 10.6. The number of benzene rings is 3. The first-order valence-electron chi connectivity index (χ1n) is 13.9. The molecule has 6 heteroatoms. The molecule has 5 nitrogen and oxygen atoms in total. The van der Waals surface area contributed by atoms with E-state index in [4.69, 9.17) is 11.6 Å². The van der Waals surface area contributed by atoms with Crippen molar-refractivity contribution in [2.45, 2.75) is 50.6 Å². The lowest BCUT2D eigenvalue weighted by Crippen LogP contribution is -2.49. The van der Waals surface area contributed by atoms with Crippen molar-refractivity contribution in [3.8, 4) is 0 Å². The van der Waals surface area contributed by atoms with E-state index in [1.807, 2.05) is 29.2 Å². The number of hydrogen-bond donors (Lipinski definition) is 2. The standard InChI is InChI=1S/C33H38ClN3O2/c1-2-3-14-31-33(39)37(24-30(26-10-6-4-7-11-26)27-12-8-5-9-13-27)22-21-29(36-31)23-35-32(38)20-17-25-15-18-28(34)19-16-25/h4-13,15-20,29-31,36H,2-3,14,21-24H2,1H3,(H,35,38). The third-order valence-electron chi connectivity index (χ3n) is 7.27. The SMILES string of the molecule is CCCCC1NC(CNC(=O)C=Cc2ccc(Cl)cc2)CCN(CC(c2ccccc2)c2ccccc2)C1=O. The van der Waals surface area contributed by atoms with Gasteiger partial charge < -0.3 is 15.5 Å². The van der Waals surface area contributed by atoms with E-state index in [0.717, 1.165) is 31.2 Å². The van der Waals surface area contributed by atoms with Crippen LogP contribution in [0.5, 0.6) is 0 Å². The molecule has 204 valence electrons. The lowest BCUT2D eigenvalue weighted by Gasteiger charge is -2.29. The van der Waals surface area contributed by atoms with Crippen LogP contribution in [0.4, 0.5) is 0 Å². The molecule has 39 heavy (non-hydrogen) atoms. The van der Waals surface area contributed by atoms with Crippen molar-refractivity contribution in [3.63, 3.8) is 0 Å². The van der Waals surface area contributed by atoms with Gasteiger partial charge in [-0.15, -0.1) is 0 Å². The zero-order valence-electron chi connectivity index (χ0n) is 22.6. The van der Waals surface area contributed by atoms with Gasteiger partial charge in [-0.25, -0.2) is 0 Å². The van der Waals surface area contributed by atoms with Crippen LogP contribution in [0.2, 0.25) is 5.02 Å². The fraction of sp³-hybridized carbons (Fsp3) is 0.333. The van der Waals surface area contributed by atoms with E-state index in [0.29, 0.717) is 24.7 Å². The van der Waals surface area contributed by atoms with E-state index >= 15 is 0 Å². The molecule has 0 saturated carbocycles. The number of rotatable bonds is 11. The minimum atomic E-state index is -0.258. The number of amides is 2. The summed E-state index contributed by atoms with van der Waals surface area (Å²) in [5.41, 5.74) is 3.32. The Labute approximate surface area is 237 Å². The summed E-state index contributed by atoms with van der Waals surface area (Å²) >= 11 is 5.94. The highest BCUT2D eigenvalue weighted by Gasteiger charge is 2.32. The summed E-state index contributed by atoms with van der Waals surface area (Å²) in [6, 6.07) is 27.9. The molecule has 1 aliphatic heterocycles. The zero-order chi connectivity index (χ0) is 27.5. The molecule has 3 aromatic rings. The molecule has 4 rings (SSSR count). The molecule has 0 aromatic heterocycles. The van der Waals surface area contributed by atoms with Gasteiger partial charge in [0.2, 0.25) is 11.8 Å². The molecule has 0 aliphatic carbocycles. The quantitative estimate of drug-likeness (QED) is 0.289. The van der Waals surface area contributed by atoms with Crippen LogP contribution in [0.25, 0.3) is 6.08 Å². The van der Waals surface area contributed by atoms with Gasteiger partial charge in [0.15, 0.2) is 0 Å². The first-order valence-corrected chi connectivity index (χ1v) is 14.3. The van der Waals surface area contributed by atoms with Gasteiger partial charge >= 0.3 is 0 Å². The van der Waals surface area contributed by atoms with Gasteiger partial charge in [-0.1, -0.05) is 104 Å².